The predicted molar refractivity (Wildman–Crippen MR) is 77.3 cm³/mol. The molecule has 0 bridgehead atoms. The topological polar surface area (TPSA) is 55.6 Å². The van der Waals surface area contributed by atoms with Crippen LogP contribution in [-0.4, -0.2) is 37.6 Å². The van der Waals surface area contributed by atoms with Gasteiger partial charge in [-0.1, -0.05) is 6.07 Å². The van der Waals surface area contributed by atoms with E-state index in [1.807, 2.05) is 26.0 Å². The molecule has 0 spiro atoms. The third kappa shape index (κ3) is 5.75. The first kappa shape index (κ1) is 15.5. The molecule has 2 N–H and O–H groups in total. The minimum atomic E-state index is 0.120. The Labute approximate surface area is 115 Å². The SMILES string of the molecule is Cc1cc(C)cc(OCCN(C)C(=O)CCCN)c1. The van der Waals surface area contributed by atoms with Gasteiger partial charge in [0.1, 0.15) is 12.4 Å². The van der Waals surface area contributed by atoms with Crippen molar-refractivity contribution in [3.05, 3.63) is 29.3 Å². The summed E-state index contributed by atoms with van der Waals surface area (Å²) in [7, 11) is 1.80. The summed E-state index contributed by atoms with van der Waals surface area (Å²) in [5.74, 6) is 0.981. The van der Waals surface area contributed by atoms with Gasteiger partial charge in [0.2, 0.25) is 5.91 Å². The number of aryl methyl sites for hydroxylation is 2. The average molecular weight is 264 g/mol. The molecule has 0 saturated heterocycles. The van der Waals surface area contributed by atoms with E-state index < -0.39 is 0 Å². The summed E-state index contributed by atoms with van der Waals surface area (Å²) >= 11 is 0. The number of rotatable bonds is 7. The van der Waals surface area contributed by atoms with Crippen molar-refractivity contribution in [1.29, 1.82) is 0 Å². The van der Waals surface area contributed by atoms with Gasteiger partial charge in [0, 0.05) is 13.5 Å². The highest BCUT2D eigenvalue weighted by Crippen LogP contribution is 2.16. The molecule has 0 atom stereocenters. The molecule has 0 aliphatic carbocycles. The highest BCUT2D eigenvalue weighted by molar-refractivity contribution is 5.75. The fourth-order valence-corrected chi connectivity index (χ4v) is 1.89. The van der Waals surface area contributed by atoms with Crippen molar-refractivity contribution >= 4 is 5.91 Å². The summed E-state index contributed by atoms with van der Waals surface area (Å²) < 4.78 is 5.67. The Morgan fingerprint density at radius 3 is 2.47 bits per heavy atom. The number of amides is 1. The molecule has 0 aromatic heterocycles. The Morgan fingerprint density at radius 2 is 1.89 bits per heavy atom. The zero-order valence-corrected chi connectivity index (χ0v) is 12.1. The monoisotopic (exact) mass is 264 g/mol. The summed E-state index contributed by atoms with van der Waals surface area (Å²) in [5, 5.41) is 0. The molecular formula is C15H24N2O2. The summed E-state index contributed by atoms with van der Waals surface area (Å²) in [6.45, 7) is 5.74. The zero-order chi connectivity index (χ0) is 14.3. The molecule has 0 aliphatic rings. The molecule has 0 unspecified atom stereocenters. The van der Waals surface area contributed by atoms with Crippen molar-refractivity contribution in [2.45, 2.75) is 26.7 Å². The fraction of sp³-hybridized carbons (Fsp3) is 0.533. The number of carbonyl (C=O) groups is 1. The van der Waals surface area contributed by atoms with Crippen LogP contribution in [0.25, 0.3) is 0 Å². The minimum absolute atomic E-state index is 0.120. The molecule has 0 radical (unpaired) electrons. The molecule has 1 amide bonds. The van der Waals surface area contributed by atoms with Crippen LogP contribution < -0.4 is 10.5 Å². The summed E-state index contributed by atoms with van der Waals surface area (Å²) in [6.07, 6.45) is 1.25. The van der Waals surface area contributed by atoms with E-state index in [0.29, 0.717) is 26.1 Å². The minimum Gasteiger partial charge on any atom is -0.492 e. The standard InChI is InChI=1S/C15H24N2O2/c1-12-9-13(2)11-14(10-12)19-8-7-17(3)15(18)5-4-6-16/h9-11H,4-8,16H2,1-3H3. The van der Waals surface area contributed by atoms with Gasteiger partial charge in [0.15, 0.2) is 0 Å². The lowest BCUT2D eigenvalue weighted by Crippen LogP contribution is -2.31. The molecule has 4 heteroatoms. The molecule has 0 saturated carbocycles. The van der Waals surface area contributed by atoms with E-state index in [0.717, 1.165) is 12.2 Å². The number of nitrogens with zero attached hydrogens (tertiary/aromatic N) is 1. The molecule has 0 fully saturated rings. The van der Waals surface area contributed by atoms with E-state index in [2.05, 4.69) is 6.07 Å². The number of benzene rings is 1. The van der Waals surface area contributed by atoms with E-state index in [1.165, 1.54) is 11.1 Å². The second-order valence-electron chi connectivity index (χ2n) is 4.88. The average Bonchev–Trinajstić information content (AvgIpc) is 2.34. The van der Waals surface area contributed by atoms with Crippen molar-refractivity contribution in [2.24, 2.45) is 5.73 Å². The van der Waals surface area contributed by atoms with Gasteiger partial charge in [-0.05, 0) is 50.1 Å². The van der Waals surface area contributed by atoms with Gasteiger partial charge < -0.3 is 15.4 Å². The molecule has 0 heterocycles. The summed E-state index contributed by atoms with van der Waals surface area (Å²) in [4.78, 5) is 13.4. The van der Waals surface area contributed by atoms with Crippen LogP contribution in [0, 0.1) is 13.8 Å². The molecule has 106 valence electrons. The van der Waals surface area contributed by atoms with Crippen molar-refractivity contribution in [2.75, 3.05) is 26.7 Å². The Kier molecular flexibility index (Phi) is 6.36. The maximum atomic E-state index is 11.7. The molecule has 0 aliphatic heterocycles. The lowest BCUT2D eigenvalue weighted by Gasteiger charge is -2.17. The maximum absolute atomic E-state index is 11.7. The number of likely N-dealkylation sites (N-methyl/N-ethyl adjacent to an activating group) is 1. The highest BCUT2D eigenvalue weighted by atomic mass is 16.5. The van der Waals surface area contributed by atoms with Crippen LogP contribution in [0.3, 0.4) is 0 Å². The van der Waals surface area contributed by atoms with Crippen LogP contribution in [0.5, 0.6) is 5.75 Å². The fourth-order valence-electron chi connectivity index (χ4n) is 1.89. The van der Waals surface area contributed by atoms with E-state index in [4.69, 9.17) is 10.5 Å². The van der Waals surface area contributed by atoms with Gasteiger partial charge >= 0.3 is 0 Å². The van der Waals surface area contributed by atoms with Gasteiger partial charge in [0.05, 0.1) is 6.54 Å². The summed E-state index contributed by atoms with van der Waals surface area (Å²) in [5.41, 5.74) is 7.75. The van der Waals surface area contributed by atoms with E-state index in [1.54, 1.807) is 11.9 Å². The second-order valence-corrected chi connectivity index (χ2v) is 4.88. The molecule has 1 rings (SSSR count). The van der Waals surface area contributed by atoms with E-state index in [9.17, 15) is 4.79 Å². The van der Waals surface area contributed by atoms with Gasteiger partial charge in [-0.25, -0.2) is 0 Å². The van der Waals surface area contributed by atoms with Crippen molar-refractivity contribution in [3.8, 4) is 5.75 Å². The first-order chi connectivity index (χ1) is 9.02. The van der Waals surface area contributed by atoms with Gasteiger partial charge in [-0.15, -0.1) is 0 Å². The largest absolute Gasteiger partial charge is 0.492 e. The zero-order valence-electron chi connectivity index (χ0n) is 12.1. The van der Waals surface area contributed by atoms with Crippen LogP contribution in [0.1, 0.15) is 24.0 Å². The van der Waals surface area contributed by atoms with Crippen LogP contribution in [0.4, 0.5) is 0 Å². The highest BCUT2D eigenvalue weighted by Gasteiger charge is 2.07. The lowest BCUT2D eigenvalue weighted by molar-refractivity contribution is -0.130. The van der Waals surface area contributed by atoms with E-state index >= 15 is 0 Å². The molecular weight excluding hydrogens is 240 g/mol. The first-order valence-electron chi connectivity index (χ1n) is 6.68. The van der Waals surface area contributed by atoms with Crippen LogP contribution in [0.2, 0.25) is 0 Å². The Bertz CT molecular complexity index is 398. The number of ether oxygens (including phenoxy) is 1. The predicted octanol–water partition coefficient (Wildman–Crippen LogP) is 1.88. The second kappa shape index (κ2) is 7.79. The number of hydrogen-bond acceptors (Lipinski definition) is 3. The third-order valence-electron chi connectivity index (χ3n) is 2.91. The molecule has 4 nitrogen and oxygen atoms in total. The maximum Gasteiger partial charge on any atom is 0.222 e. The normalized spacial score (nSPS) is 10.3. The Balaban J connectivity index is 2.35. The van der Waals surface area contributed by atoms with Crippen LogP contribution in [0.15, 0.2) is 18.2 Å². The van der Waals surface area contributed by atoms with Gasteiger partial charge in [0.25, 0.3) is 0 Å². The summed E-state index contributed by atoms with van der Waals surface area (Å²) in [6, 6.07) is 6.11. The smallest absolute Gasteiger partial charge is 0.222 e. The Morgan fingerprint density at radius 1 is 1.26 bits per heavy atom. The van der Waals surface area contributed by atoms with E-state index in [-0.39, 0.29) is 5.91 Å². The molecule has 1 aromatic carbocycles. The first-order valence-corrected chi connectivity index (χ1v) is 6.68. The number of hydrogen-bond donors (Lipinski definition) is 1. The lowest BCUT2D eigenvalue weighted by atomic mass is 10.1. The Hall–Kier alpha value is -1.55. The van der Waals surface area contributed by atoms with Crippen molar-refractivity contribution < 1.29 is 9.53 Å². The van der Waals surface area contributed by atoms with Gasteiger partial charge in [-0.2, -0.15) is 0 Å². The van der Waals surface area contributed by atoms with Gasteiger partial charge in [-0.3, -0.25) is 4.79 Å². The van der Waals surface area contributed by atoms with Crippen LogP contribution >= 0.6 is 0 Å². The number of nitrogens with two attached hydrogens (primary N) is 1. The van der Waals surface area contributed by atoms with Crippen molar-refractivity contribution in [1.82, 2.24) is 4.90 Å². The van der Waals surface area contributed by atoms with Crippen LogP contribution in [-0.2, 0) is 4.79 Å². The quantitative estimate of drug-likeness (QED) is 0.818. The molecule has 19 heavy (non-hydrogen) atoms. The van der Waals surface area contributed by atoms with Crippen molar-refractivity contribution in [3.63, 3.8) is 0 Å². The third-order valence-corrected chi connectivity index (χ3v) is 2.91. The molecule has 1 aromatic rings. The number of carbonyl (C=O) groups excluding carboxylic acids is 1.